The summed E-state index contributed by atoms with van der Waals surface area (Å²) in [5, 5.41) is 0. The molecule has 1 heterocycles. The molecule has 114 valence electrons. The fourth-order valence-corrected chi connectivity index (χ4v) is 3.56. The van der Waals surface area contributed by atoms with Crippen molar-refractivity contribution in [3.05, 3.63) is 24.2 Å². The number of hydrogen-bond acceptors (Lipinski definition) is 2. The zero-order valence-electron chi connectivity index (χ0n) is 14.0. The molecule has 0 aromatic heterocycles. The van der Waals surface area contributed by atoms with Crippen molar-refractivity contribution in [2.45, 2.75) is 53.4 Å². The second-order valence-corrected chi connectivity index (χ2v) is 8.04. The van der Waals surface area contributed by atoms with Gasteiger partial charge in [0.05, 0.1) is 0 Å². The van der Waals surface area contributed by atoms with Crippen molar-refractivity contribution >= 4 is 17.6 Å². The topological polar surface area (TPSA) is 3.24 Å². The van der Waals surface area contributed by atoms with Crippen LogP contribution in [0.3, 0.4) is 0 Å². The van der Waals surface area contributed by atoms with E-state index in [2.05, 4.69) is 75.3 Å². The van der Waals surface area contributed by atoms with E-state index in [0.29, 0.717) is 11.9 Å². The van der Waals surface area contributed by atoms with Crippen LogP contribution in [0.2, 0.25) is 0 Å². The fraction of sp³-hybridized carbons (Fsp3) is 0.765. The monoisotopic (exact) mass is 293 g/mol. The first kappa shape index (κ1) is 17.9. The van der Waals surface area contributed by atoms with Crippen LogP contribution in [-0.4, -0.2) is 35.7 Å². The van der Waals surface area contributed by atoms with Crippen LogP contribution in [-0.2, 0) is 0 Å². The Kier molecular flexibility index (Phi) is 8.71. The third-order valence-corrected chi connectivity index (χ3v) is 4.98. The van der Waals surface area contributed by atoms with Gasteiger partial charge in [-0.3, -0.25) is 0 Å². The molecule has 1 atom stereocenters. The fourth-order valence-electron chi connectivity index (χ4n) is 2.51. The molecule has 3 heteroatoms. The third-order valence-electron chi connectivity index (χ3n) is 3.82. The Hall–Kier alpha value is -0.145. The Morgan fingerprint density at radius 3 is 2.15 bits per heavy atom. The molecule has 1 unspecified atom stereocenters. The van der Waals surface area contributed by atoms with Crippen LogP contribution >= 0.6 is 11.6 Å². The normalized spacial score (nSPS) is 18.8. The summed E-state index contributed by atoms with van der Waals surface area (Å²) in [5.74, 6) is 6.37. The summed E-state index contributed by atoms with van der Waals surface area (Å²) in [6.45, 7) is 14.0. The molecule has 0 aromatic rings. The lowest BCUT2D eigenvalue weighted by Gasteiger charge is -2.34. The molecule has 1 nitrogen and oxygen atoms in total. The summed E-state index contributed by atoms with van der Waals surface area (Å²) in [5.41, 5.74) is 0. The summed E-state index contributed by atoms with van der Waals surface area (Å²) < 4.78 is 0. The highest BCUT2D eigenvalue weighted by Crippen LogP contribution is 2.22. The predicted octanol–water partition coefficient (Wildman–Crippen LogP) is 4.70. The first-order valence-corrected chi connectivity index (χ1v) is 9.30. The predicted molar refractivity (Wildman–Crippen MR) is 96.4 cm³/mol. The van der Waals surface area contributed by atoms with Crippen LogP contribution in [0.5, 0.6) is 0 Å². The van der Waals surface area contributed by atoms with Crippen molar-refractivity contribution in [2.24, 2.45) is 11.8 Å². The van der Waals surface area contributed by atoms with E-state index in [1.165, 1.54) is 31.7 Å². The van der Waals surface area contributed by atoms with Crippen LogP contribution in [0.25, 0.3) is 0 Å². The van der Waals surface area contributed by atoms with Gasteiger partial charge < -0.3 is 4.90 Å². The molecule has 0 spiro atoms. The minimum Gasteiger partial charge on any atom is -0.302 e. The summed E-state index contributed by atoms with van der Waals surface area (Å²) in [7, 11) is 0. The third kappa shape index (κ3) is 6.54. The molecule has 0 aromatic carbocycles. The average molecular weight is 293 g/mol. The van der Waals surface area contributed by atoms with E-state index in [-0.39, 0.29) is 0 Å². The summed E-state index contributed by atoms with van der Waals surface area (Å²) in [6.07, 6.45) is 9.46. The van der Waals surface area contributed by atoms with Crippen molar-refractivity contribution in [3.8, 4) is 0 Å². The van der Waals surface area contributed by atoms with E-state index in [0.717, 1.165) is 11.8 Å². The number of hydrogen-bond donors (Lipinski definition) is 0. The lowest BCUT2D eigenvalue weighted by Crippen LogP contribution is -2.45. The van der Waals surface area contributed by atoms with E-state index in [9.17, 15) is 0 Å². The van der Waals surface area contributed by atoms with Gasteiger partial charge in [-0.1, -0.05) is 52.8 Å². The van der Waals surface area contributed by atoms with Gasteiger partial charge in [0.15, 0.2) is 0 Å². The van der Waals surface area contributed by atoms with Crippen LogP contribution in [0, 0.1) is 11.8 Å². The number of rotatable bonds is 9. The van der Waals surface area contributed by atoms with E-state index in [1.807, 2.05) is 0 Å². The van der Waals surface area contributed by atoms with Gasteiger partial charge in [0.1, 0.15) is 0 Å². The molecule has 1 aliphatic heterocycles. The maximum absolute atomic E-state index is 2.72. The second kappa shape index (κ2) is 9.73. The Bertz CT molecular complexity index is 300. The highest BCUT2D eigenvalue weighted by Gasteiger charge is 2.28. The second-order valence-electron chi connectivity index (χ2n) is 6.58. The van der Waals surface area contributed by atoms with Crippen LogP contribution in [0.1, 0.15) is 47.5 Å². The number of nitrogens with zero attached hydrogens (tertiary/aromatic N) is 1. The number of allylic oxidation sites excluding steroid dienone is 2. The van der Waals surface area contributed by atoms with Crippen molar-refractivity contribution < 1.29 is 0 Å². The van der Waals surface area contributed by atoms with Gasteiger partial charge in [0, 0.05) is 5.94 Å². The van der Waals surface area contributed by atoms with Gasteiger partial charge in [-0.2, -0.15) is 0 Å². The summed E-state index contributed by atoms with van der Waals surface area (Å²) in [4.78, 5) is 2.72. The van der Waals surface area contributed by atoms with Gasteiger partial charge in [0.2, 0.25) is 0 Å². The molecule has 0 radical (unpaired) electrons. The van der Waals surface area contributed by atoms with Crippen molar-refractivity contribution in [2.75, 3.05) is 18.8 Å². The Labute approximate surface area is 131 Å². The Morgan fingerprint density at radius 1 is 1.05 bits per heavy atom. The van der Waals surface area contributed by atoms with Crippen molar-refractivity contribution in [1.29, 1.82) is 0 Å². The van der Waals surface area contributed by atoms with E-state index >= 15 is 0 Å². The molecule has 0 bridgehead atoms. The Balaban J connectivity index is 2.67. The largest absolute Gasteiger partial charge is 0.302 e. The molecule has 0 fully saturated rings. The van der Waals surface area contributed by atoms with Crippen molar-refractivity contribution in [3.63, 3.8) is 0 Å². The lowest BCUT2D eigenvalue weighted by molar-refractivity contribution is 0.244. The van der Waals surface area contributed by atoms with E-state index in [1.54, 1.807) is 0 Å². The lowest BCUT2D eigenvalue weighted by atomic mass is 9.64. The van der Waals surface area contributed by atoms with Gasteiger partial charge in [0.25, 0.3) is 5.99 Å². The molecule has 0 aliphatic carbocycles. The van der Waals surface area contributed by atoms with Gasteiger partial charge >= 0.3 is 0 Å². The molecule has 0 saturated heterocycles. The molecular weight excluding hydrogens is 261 g/mol. The maximum Gasteiger partial charge on any atom is 0.256 e. The highest BCUT2D eigenvalue weighted by atomic mass is 32.2. The maximum atomic E-state index is 2.72. The molecule has 20 heavy (non-hydrogen) atoms. The summed E-state index contributed by atoms with van der Waals surface area (Å²) in [6, 6.07) is 0. The summed E-state index contributed by atoms with van der Waals surface area (Å²) >= 11 is 2.08. The van der Waals surface area contributed by atoms with Crippen LogP contribution in [0.15, 0.2) is 24.2 Å². The molecule has 1 rings (SSSR count). The molecular formula is C17H32BNS. The first-order chi connectivity index (χ1) is 9.54. The van der Waals surface area contributed by atoms with Crippen LogP contribution in [0.4, 0.5) is 0 Å². The smallest absolute Gasteiger partial charge is 0.256 e. The zero-order chi connectivity index (χ0) is 15.0. The van der Waals surface area contributed by atoms with Crippen molar-refractivity contribution in [1.82, 2.24) is 4.90 Å². The molecule has 1 aliphatic rings. The van der Waals surface area contributed by atoms with Crippen LogP contribution < -0.4 is 0 Å². The highest BCUT2D eigenvalue weighted by molar-refractivity contribution is 8.26. The van der Waals surface area contributed by atoms with Gasteiger partial charge in [-0.25, -0.2) is 11.6 Å². The van der Waals surface area contributed by atoms with E-state index in [4.69, 9.17) is 0 Å². The van der Waals surface area contributed by atoms with E-state index < -0.39 is 0 Å². The standard InChI is InChI=1S/C17H32BNS/c1-6-20-18-12-8-7-9-17(18)19(13-10-15(2)3)14-11-16(4)5/h7-9,12,15-17H,6,10-11,13-14H2,1-5H3. The average Bonchev–Trinajstić information content (AvgIpc) is 2.40. The van der Waals surface area contributed by atoms with Gasteiger partial charge in [-0.15, -0.1) is 5.98 Å². The zero-order valence-corrected chi connectivity index (χ0v) is 14.8. The minimum absolute atomic E-state index is 0.586. The minimum atomic E-state index is 0.586. The van der Waals surface area contributed by atoms with Gasteiger partial charge in [-0.05, 0) is 43.5 Å². The SMILES string of the molecule is CCSB1C=CC=CC1N(CCC(C)C)CCC(C)C. The molecule has 0 amide bonds. The molecule has 0 N–H and O–H groups in total. The molecule has 0 saturated carbocycles. The first-order valence-electron chi connectivity index (χ1n) is 8.25. The Morgan fingerprint density at radius 2 is 1.65 bits per heavy atom. The quantitative estimate of drug-likeness (QED) is 0.567.